The topological polar surface area (TPSA) is 41.8 Å². The lowest BCUT2D eigenvalue weighted by atomic mass is 9.96. The van der Waals surface area contributed by atoms with Gasteiger partial charge in [-0.3, -0.25) is 0 Å². The summed E-state index contributed by atoms with van der Waals surface area (Å²) in [4.78, 5) is 4.56. The van der Waals surface area contributed by atoms with Crippen molar-refractivity contribution in [1.82, 2.24) is 0 Å². The maximum absolute atomic E-state index is 11.1. The van der Waals surface area contributed by atoms with E-state index in [4.69, 9.17) is 4.74 Å². The van der Waals surface area contributed by atoms with Gasteiger partial charge in [-0.1, -0.05) is 60.7 Å². The van der Waals surface area contributed by atoms with Crippen LogP contribution in [-0.4, -0.2) is 16.5 Å². The summed E-state index contributed by atoms with van der Waals surface area (Å²) in [6.45, 7) is 3.69. The first-order chi connectivity index (χ1) is 9.51. The van der Waals surface area contributed by atoms with Crippen LogP contribution in [0, 0.1) is 0 Å². The predicted molar refractivity (Wildman–Crippen MR) is 78.5 cm³/mol. The van der Waals surface area contributed by atoms with Crippen LogP contribution in [-0.2, 0) is 10.5 Å². The van der Waals surface area contributed by atoms with Crippen LogP contribution in [0.15, 0.2) is 65.7 Å². The Labute approximate surface area is 118 Å². The zero-order valence-corrected chi connectivity index (χ0v) is 11.6. The lowest BCUT2D eigenvalue weighted by Gasteiger charge is -2.27. The third-order valence-electron chi connectivity index (χ3n) is 3.31. The average molecular weight is 267 g/mol. The van der Waals surface area contributed by atoms with Crippen molar-refractivity contribution >= 4 is 5.71 Å². The van der Waals surface area contributed by atoms with Gasteiger partial charge in [0.1, 0.15) is 5.71 Å². The van der Waals surface area contributed by atoms with E-state index in [9.17, 15) is 5.11 Å². The van der Waals surface area contributed by atoms with Gasteiger partial charge in [0.15, 0.2) is 5.72 Å². The minimum Gasteiger partial charge on any atom is -0.357 e. The molecule has 1 aliphatic rings. The number of hydrogen-bond donors (Lipinski definition) is 1. The van der Waals surface area contributed by atoms with Crippen LogP contribution in [0.3, 0.4) is 0 Å². The second-order valence-electron chi connectivity index (χ2n) is 5.39. The van der Waals surface area contributed by atoms with E-state index in [1.807, 2.05) is 74.5 Å². The molecule has 0 aromatic heterocycles. The summed E-state index contributed by atoms with van der Waals surface area (Å²) >= 11 is 0. The Bertz CT molecular complexity index is 635. The molecule has 20 heavy (non-hydrogen) atoms. The van der Waals surface area contributed by atoms with Gasteiger partial charge in [0.05, 0.1) is 0 Å². The summed E-state index contributed by atoms with van der Waals surface area (Å²) in [5.41, 5.74) is 1.35. The lowest BCUT2D eigenvalue weighted by Crippen LogP contribution is -2.37. The summed E-state index contributed by atoms with van der Waals surface area (Å²) in [6, 6.07) is 19.0. The highest BCUT2D eigenvalue weighted by Crippen LogP contribution is 2.39. The Morgan fingerprint density at radius 3 is 2.05 bits per heavy atom. The van der Waals surface area contributed by atoms with Crippen LogP contribution in [0.25, 0.3) is 0 Å². The predicted octanol–water partition coefficient (Wildman–Crippen LogP) is 3.09. The molecule has 0 aliphatic carbocycles. The maximum Gasteiger partial charge on any atom is 0.239 e. The highest BCUT2D eigenvalue weighted by Gasteiger charge is 2.48. The van der Waals surface area contributed by atoms with Crippen molar-refractivity contribution < 1.29 is 9.84 Å². The number of ether oxygens (including phenoxy) is 1. The van der Waals surface area contributed by atoms with Crippen LogP contribution < -0.4 is 0 Å². The van der Waals surface area contributed by atoms with Crippen molar-refractivity contribution in [2.45, 2.75) is 25.4 Å². The molecule has 102 valence electrons. The summed E-state index contributed by atoms with van der Waals surface area (Å²) in [5, 5.41) is 11.1. The number of aliphatic hydroxyl groups is 1. The molecule has 0 saturated heterocycles. The molecule has 0 saturated carbocycles. The monoisotopic (exact) mass is 267 g/mol. The molecule has 0 amide bonds. The van der Waals surface area contributed by atoms with Gasteiger partial charge < -0.3 is 9.84 Å². The van der Waals surface area contributed by atoms with Crippen LogP contribution in [0.4, 0.5) is 0 Å². The Morgan fingerprint density at radius 2 is 1.45 bits per heavy atom. The second kappa shape index (κ2) is 4.54. The third kappa shape index (κ3) is 2.15. The summed E-state index contributed by atoms with van der Waals surface area (Å²) < 4.78 is 5.84. The molecule has 0 fully saturated rings. The zero-order valence-electron chi connectivity index (χ0n) is 11.6. The van der Waals surface area contributed by atoms with Crippen LogP contribution in [0.1, 0.15) is 25.0 Å². The quantitative estimate of drug-likeness (QED) is 0.908. The van der Waals surface area contributed by atoms with Gasteiger partial charge >= 0.3 is 0 Å². The van der Waals surface area contributed by atoms with E-state index < -0.39 is 11.5 Å². The maximum atomic E-state index is 11.1. The first-order valence-corrected chi connectivity index (χ1v) is 6.65. The van der Waals surface area contributed by atoms with E-state index in [1.165, 1.54) is 0 Å². The smallest absolute Gasteiger partial charge is 0.239 e. The Morgan fingerprint density at radius 1 is 0.900 bits per heavy atom. The fourth-order valence-electron chi connectivity index (χ4n) is 2.49. The highest BCUT2D eigenvalue weighted by molar-refractivity contribution is 6.07. The molecule has 0 spiro atoms. The molecule has 0 radical (unpaired) electrons. The van der Waals surface area contributed by atoms with Gasteiger partial charge in [0, 0.05) is 11.1 Å². The Hall–Kier alpha value is -1.97. The van der Waals surface area contributed by atoms with Gasteiger partial charge in [-0.2, -0.15) is 0 Å². The lowest BCUT2D eigenvalue weighted by molar-refractivity contribution is -0.200. The molecule has 1 N–H and O–H groups in total. The van der Waals surface area contributed by atoms with Crippen molar-refractivity contribution in [2.24, 2.45) is 4.99 Å². The summed E-state index contributed by atoms with van der Waals surface area (Å²) in [5.74, 6) is -1.51. The van der Waals surface area contributed by atoms with E-state index >= 15 is 0 Å². The molecular formula is C17H17NO2. The zero-order chi connectivity index (χ0) is 14.2. The molecule has 1 aliphatic heterocycles. The molecule has 3 rings (SSSR count). The van der Waals surface area contributed by atoms with Crippen LogP contribution in [0.5, 0.6) is 0 Å². The van der Waals surface area contributed by atoms with Crippen LogP contribution >= 0.6 is 0 Å². The fraction of sp³-hybridized carbons (Fsp3) is 0.235. The van der Waals surface area contributed by atoms with Gasteiger partial charge in [0.25, 0.3) is 0 Å². The molecular weight excluding hydrogens is 250 g/mol. The van der Waals surface area contributed by atoms with Crippen molar-refractivity contribution in [3.63, 3.8) is 0 Å². The average Bonchev–Trinajstić information content (AvgIpc) is 2.72. The standard InChI is InChI=1S/C17H17NO2/c1-16(2)18-15(13-9-5-3-6-10-13)17(19,20-16)14-11-7-4-8-12-14/h3-12,19H,1-2H3/t17-/m1/s1. The largest absolute Gasteiger partial charge is 0.357 e. The Kier molecular flexibility index (Phi) is 2.96. The van der Waals surface area contributed by atoms with Gasteiger partial charge in [0.2, 0.25) is 5.79 Å². The summed E-state index contributed by atoms with van der Waals surface area (Å²) in [7, 11) is 0. The van der Waals surface area contributed by atoms with Gasteiger partial charge in [-0.25, -0.2) is 4.99 Å². The molecule has 2 aromatic carbocycles. The van der Waals surface area contributed by atoms with E-state index in [1.54, 1.807) is 0 Å². The minimum absolute atomic E-state index is 0.550. The van der Waals surface area contributed by atoms with Crippen molar-refractivity contribution in [1.29, 1.82) is 0 Å². The van der Waals surface area contributed by atoms with Crippen molar-refractivity contribution in [2.75, 3.05) is 0 Å². The fourth-order valence-corrected chi connectivity index (χ4v) is 2.49. The van der Waals surface area contributed by atoms with E-state index in [2.05, 4.69) is 4.99 Å². The molecule has 2 aromatic rings. The molecule has 3 nitrogen and oxygen atoms in total. The van der Waals surface area contributed by atoms with Gasteiger partial charge in [-0.15, -0.1) is 0 Å². The number of benzene rings is 2. The van der Waals surface area contributed by atoms with E-state index in [0.717, 1.165) is 5.56 Å². The number of rotatable bonds is 2. The molecule has 3 heteroatoms. The van der Waals surface area contributed by atoms with E-state index in [0.29, 0.717) is 11.3 Å². The van der Waals surface area contributed by atoms with Crippen molar-refractivity contribution in [3.8, 4) is 0 Å². The number of nitrogens with zero attached hydrogens (tertiary/aromatic N) is 1. The second-order valence-corrected chi connectivity index (χ2v) is 5.39. The van der Waals surface area contributed by atoms with Crippen molar-refractivity contribution in [3.05, 3.63) is 71.8 Å². The highest BCUT2D eigenvalue weighted by atomic mass is 16.7. The first-order valence-electron chi connectivity index (χ1n) is 6.65. The minimum atomic E-state index is -1.51. The molecule has 0 bridgehead atoms. The van der Waals surface area contributed by atoms with Gasteiger partial charge in [-0.05, 0) is 13.8 Å². The summed E-state index contributed by atoms with van der Waals surface area (Å²) in [6.07, 6.45) is 0. The third-order valence-corrected chi connectivity index (χ3v) is 3.31. The Balaban J connectivity index is 2.14. The van der Waals surface area contributed by atoms with Crippen LogP contribution in [0.2, 0.25) is 0 Å². The normalized spacial score (nSPS) is 24.4. The van der Waals surface area contributed by atoms with E-state index in [-0.39, 0.29) is 0 Å². The molecule has 0 unspecified atom stereocenters. The number of hydrogen-bond acceptors (Lipinski definition) is 3. The molecule has 1 heterocycles. The first kappa shape index (κ1) is 13.0. The molecule has 1 atom stereocenters. The SMILES string of the molecule is CC1(C)N=C(c2ccccc2)[C@@](O)(c2ccccc2)O1. The number of aliphatic imine (C=N–C) groups is 1.